The molecule has 0 radical (unpaired) electrons. The summed E-state index contributed by atoms with van der Waals surface area (Å²) >= 11 is 0. The minimum atomic E-state index is -0.207. The Kier molecular flexibility index (Phi) is 2.94. The molecule has 0 amide bonds. The molecule has 0 aliphatic rings. The lowest BCUT2D eigenvalue weighted by molar-refractivity contribution is 0.592. The number of hydrogen-bond acceptors (Lipinski definition) is 5. The number of fused-ring (bicyclic) bond motifs is 1. The molecule has 2 heterocycles. The zero-order valence-electron chi connectivity index (χ0n) is 10.5. The van der Waals surface area contributed by atoms with Gasteiger partial charge in [0.1, 0.15) is 5.69 Å². The molecule has 19 heavy (non-hydrogen) atoms. The number of aromatic nitrogens is 4. The normalized spacial score (nSPS) is 12.7. The molecule has 0 saturated carbocycles. The smallest absolute Gasteiger partial charge is 0.105 e. The zero-order chi connectivity index (χ0) is 13.2. The Balaban J connectivity index is 2.16. The van der Waals surface area contributed by atoms with E-state index in [9.17, 15) is 0 Å². The van der Waals surface area contributed by atoms with Crippen molar-refractivity contribution in [1.82, 2.24) is 25.4 Å². The van der Waals surface area contributed by atoms with Gasteiger partial charge in [0.25, 0.3) is 0 Å². The highest BCUT2D eigenvalue weighted by molar-refractivity contribution is 5.82. The van der Waals surface area contributed by atoms with Crippen molar-refractivity contribution in [2.75, 3.05) is 0 Å². The summed E-state index contributed by atoms with van der Waals surface area (Å²) in [6.07, 6.45) is 3.49. The van der Waals surface area contributed by atoms with E-state index < -0.39 is 0 Å². The third-order valence-electron chi connectivity index (χ3n) is 3.07. The van der Waals surface area contributed by atoms with Gasteiger partial charge in [-0.25, -0.2) is 5.43 Å². The van der Waals surface area contributed by atoms with Crippen LogP contribution in [0.3, 0.4) is 0 Å². The highest BCUT2D eigenvalue weighted by atomic mass is 15.5. The number of aryl methyl sites for hydroxylation is 1. The van der Waals surface area contributed by atoms with Gasteiger partial charge in [0.05, 0.1) is 17.8 Å². The van der Waals surface area contributed by atoms with Crippen molar-refractivity contribution in [3.63, 3.8) is 0 Å². The van der Waals surface area contributed by atoms with Crippen LogP contribution in [0.1, 0.15) is 17.3 Å². The van der Waals surface area contributed by atoms with Crippen LogP contribution in [0.2, 0.25) is 0 Å². The molecule has 6 heteroatoms. The first-order valence-electron chi connectivity index (χ1n) is 5.95. The molecule has 0 aliphatic heterocycles. The maximum atomic E-state index is 5.69. The molecule has 3 rings (SSSR count). The van der Waals surface area contributed by atoms with Crippen LogP contribution in [0.4, 0.5) is 0 Å². The minimum Gasteiger partial charge on any atom is -0.271 e. The lowest BCUT2D eigenvalue weighted by Gasteiger charge is -2.15. The van der Waals surface area contributed by atoms with Crippen LogP contribution < -0.4 is 11.3 Å². The molecule has 0 spiro atoms. The lowest BCUT2D eigenvalue weighted by Crippen LogP contribution is -2.29. The fraction of sp³-hybridized carbons (Fsp3) is 0.154. The first-order valence-corrected chi connectivity index (χ1v) is 5.95. The van der Waals surface area contributed by atoms with E-state index in [2.05, 4.69) is 20.6 Å². The molecule has 1 aromatic carbocycles. The van der Waals surface area contributed by atoms with E-state index in [0.717, 1.165) is 22.2 Å². The maximum absolute atomic E-state index is 5.69. The summed E-state index contributed by atoms with van der Waals surface area (Å²) in [4.78, 5) is 5.86. The number of nitrogens with two attached hydrogens (primary N) is 1. The quantitative estimate of drug-likeness (QED) is 0.536. The number of pyridine rings is 1. The van der Waals surface area contributed by atoms with E-state index in [0.29, 0.717) is 0 Å². The van der Waals surface area contributed by atoms with E-state index in [1.54, 1.807) is 19.4 Å². The zero-order valence-corrected chi connectivity index (χ0v) is 10.5. The van der Waals surface area contributed by atoms with Gasteiger partial charge in [-0.15, -0.1) is 0 Å². The summed E-state index contributed by atoms with van der Waals surface area (Å²) in [7, 11) is 1.78. The monoisotopic (exact) mass is 254 g/mol. The van der Waals surface area contributed by atoms with Crippen molar-refractivity contribution in [1.29, 1.82) is 0 Å². The number of rotatable bonds is 3. The van der Waals surface area contributed by atoms with Gasteiger partial charge >= 0.3 is 0 Å². The Morgan fingerprint density at radius 2 is 2.16 bits per heavy atom. The largest absolute Gasteiger partial charge is 0.271 e. The van der Waals surface area contributed by atoms with Crippen molar-refractivity contribution >= 4 is 10.9 Å². The first kappa shape index (κ1) is 11.8. The molecule has 1 unspecified atom stereocenters. The van der Waals surface area contributed by atoms with Crippen LogP contribution in [-0.4, -0.2) is 20.0 Å². The summed E-state index contributed by atoms with van der Waals surface area (Å²) in [5.74, 6) is 5.69. The van der Waals surface area contributed by atoms with Gasteiger partial charge in [0.2, 0.25) is 0 Å². The van der Waals surface area contributed by atoms with Crippen molar-refractivity contribution in [3.05, 3.63) is 54.0 Å². The Hall–Kier alpha value is -2.31. The van der Waals surface area contributed by atoms with Crippen molar-refractivity contribution in [2.45, 2.75) is 6.04 Å². The number of benzene rings is 1. The average molecular weight is 254 g/mol. The predicted octanol–water partition coefficient (Wildman–Crippen LogP) is 0.916. The molecular formula is C13H14N6. The van der Waals surface area contributed by atoms with Crippen LogP contribution in [0, 0.1) is 0 Å². The second kappa shape index (κ2) is 4.75. The highest BCUT2D eigenvalue weighted by Gasteiger charge is 2.18. The molecule has 0 fully saturated rings. The van der Waals surface area contributed by atoms with E-state index in [1.165, 1.54) is 4.80 Å². The standard InChI is InChI=1S/C13H14N6/c1-19-16-8-12(18-19)13(17-14)10-4-2-6-11-9(10)5-3-7-15-11/h2-8,13,17H,14H2,1H3. The second-order valence-corrected chi connectivity index (χ2v) is 4.28. The van der Waals surface area contributed by atoms with Gasteiger partial charge in [-0.2, -0.15) is 15.0 Å². The topological polar surface area (TPSA) is 81.7 Å². The minimum absolute atomic E-state index is 0.207. The first-order chi connectivity index (χ1) is 9.29. The van der Waals surface area contributed by atoms with Crippen LogP contribution >= 0.6 is 0 Å². The van der Waals surface area contributed by atoms with Gasteiger partial charge in [-0.1, -0.05) is 18.2 Å². The van der Waals surface area contributed by atoms with E-state index in [4.69, 9.17) is 5.84 Å². The van der Waals surface area contributed by atoms with E-state index in [-0.39, 0.29) is 6.04 Å². The Morgan fingerprint density at radius 3 is 2.89 bits per heavy atom. The van der Waals surface area contributed by atoms with Crippen LogP contribution in [-0.2, 0) is 7.05 Å². The Morgan fingerprint density at radius 1 is 1.26 bits per heavy atom. The number of nitrogens with one attached hydrogen (secondary N) is 1. The molecule has 6 nitrogen and oxygen atoms in total. The molecule has 2 aromatic heterocycles. The van der Waals surface area contributed by atoms with Crippen molar-refractivity contribution in [2.24, 2.45) is 12.9 Å². The lowest BCUT2D eigenvalue weighted by atomic mass is 10.00. The summed E-state index contributed by atoms with van der Waals surface area (Å²) < 4.78 is 0. The molecule has 3 aromatic rings. The van der Waals surface area contributed by atoms with E-state index >= 15 is 0 Å². The fourth-order valence-electron chi connectivity index (χ4n) is 2.21. The SMILES string of the molecule is Cn1ncc(C(NN)c2cccc3ncccc23)n1. The molecule has 0 bridgehead atoms. The molecule has 96 valence electrons. The number of hydrogen-bond donors (Lipinski definition) is 2. The van der Waals surface area contributed by atoms with Crippen LogP contribution in [0.15, 0.2) is 42.7 Å². The average Bonchev–Trinajstić information content (AvgIpc) is 2.86. The summed E-state index contributed by atoms with van der Waals surface area (Å²) in [5.41, 5.74) is 5.55. The van der Waals surface area contributed by atoms with Crippen molar-refractivity contribution in [3.8, 4) is 0 Å². The van der Waals surface area contributed by atoms with Crippen LogP contribution in [0.25, 0.3) is 10.9 Å². The molecule has 1 atom stereocenters. The van der Waals surface area contributed by atoms with Crippen molar-refractivity contribution < 1.29 is 0 Å². The summed E-state index contributed by atoms with van der Waals surface area (Å²) in [6.45, 7) is 0. The molecule has 0 aliphatic carbocycles. The van der Waals surface area contributed by atoms with Gasteiger partial charge in [-0.05, 0) is 17.7 Å². The van der Waals surface area contributed by atoms with E-state index in [1.807, 2.05) is 30.3 Å². The fourth-order valence-corrected chi connectivity index (χ4v) is 2.21. The third kappa shape index (κ3) is 2.07. The molecular weight excluding hydrogens is 240 g/mol. The summed E-state index contributed by atoms with van der Waals surface area (Å²) in [6, 6.07) is 9.69. The predicted molar refractivity (Wildman–Crippen MR) is 71.9 cm³/mol. The Labute approximate surface area is 110 Å². The molecule has 0 saturated heterocycles. The van der Waals surface area contributed by atoms with Gasteiger partial charge < -0.3 is 0 Å². The highest BCUT2D eigenvalue weighted by Crippen LogP contribution is 2.26. The summed E-state index contributed by atoms with van der Waals surface area (Å²) in [5, 5.41) is 9.45. The number of nitrogens with zero attached hydrogens (tertiary/aromatic N) is 4. The molecule has 3 N–H and O–H groups in total. The number of hydrazine groups is 1. The van der Waals surface area contributed by atoms with Gasteiger partial charge in [0, 0.05) is 18.6 Å². The van der Waals surface area contributed by atoms with Gasteiger partial charge in [-0.3, -0.25) is 10.8 Å². The third-order valence-corrected chi connectivity index (χ3v) is 3.07. The maximum Gasteiger partial charge on any atom is 0.105 e. The van der Waals surface area contributed by atoms with Crippen LogP contribution in [0.5, 0.6) is 0 Å². The Bertz CT molecular complexity index is 700. The van der Waals surface area contributed by atoms with Gasteiger partial charge in [0.15, 0.2) is 0 Å². The second-order valence-electron chi connectivity index (χ2n) is 4.28.